The molecule has 1 atom stereocenters. The minimum Gasteiger partial charge on any atom is -0.480 e. The van der Waals surface area contributed by atoms with Gasteiger partial charge in [0.1, 0.15) is 6.04 Å². The van der Waals surface area contributed by atoms with Crippen LogP contribution in [0, 0.1) is 0 Å². The highest BCUT2D eigenvalue weighted by molar-refractivity contribution is 7.98. The van der Waals surface area contributed by atoms with Crippen LogP contribution in [-0.4, -0.2) is 77.7 Å². The SMILES string of the molecule is CCCN1CCN(C(=O)NC(CCSC)C(=O)O)CC1. The fraction of sp³-hybridized carbons (Fsp3) is 0.846. The Morgan fingerprint density at radius 1 is 1.30 bits per heavy atom. The highest BCUT2D eigenvalue weighted by atomic mass is 32.2. The van der Waals surface area contributed by atoms with E-state index in [0.717, 1.165) is 31.8 Å². The summed E-state index contributed by atoms with van der Waals surface area (Å²) < 4.78 is 0. The minimum absolute atomic E-state index is 0.255. The molecule has 1 unspecified atom stereocenters. The third-order valence-electron chi connectivity index (χ3n) is 3.41. The third kappa shape index (κ3) is 5.58. The molecule has 0 spiro atoms. The van der Waals surface area contributed by atoms with E-state index in [-0.39, 0.29) is 6.03 Å². The Hall–Kier alpha value is -0.950. The van der Waals surface area contributed by atoms with Crippen molar-refractivity contribution in [3.05, 3.63) is 0 Å². The Bertz CT molecular complexity index is 320. The molecule has 1 heterocycles. The van der Waals surface area contributed by atoms with Crippen molar-refractivity contribution in [3.8, 4) is 0 Å². The molecule has 1 saturated heterocycles. The van der Waals surface area contributed by atoms with Gasteiger partial charge in [0.25, 0.3) is 0 Å². The van der Waals surface area contributed by atoms with Gasteiger partial charge in [-0.3, -0.25) is 4.90 Å². The number of carboxylic acids is 1. The average Bonchev–Trinajstić information content (AvgIpc) is 2.44. The molecule has 1 fully saturated rings. The summed E-state index contributed by atoms with van der Waals surface area (Å²) in [7, 11) is 0. The molecule has 1 rings (SSSR count). The fourth-order valence-corrected chi connectivity index (χ4v) is 2.70. The van der Waals surface area contributed by atoms with Gasteiger partial charge in [0.2, 0.25) is 0 Å². The largest absolute Gasteiger partial charge is 0.480 e. The van der Waals surface area contributed by atoms with Gasteiger partial charge < -0.3 is 15.3 Å². The molecule has 0 aliphatic carbocycles. The normalized spacial score (nSPS) is 17.8. The number of amides is 2. The number of piperazine rings is 1. The Morgan fingerprint density at radius 3 is 2.45 bits per heavy atom. The molecule has 0 saturated carbocycles. The van der Waals surface area contributed by atoms with Gasteiger partial charge in [-0.1, -0.05) is 6.92 Å². The second-order valence-corrected chi connectivity index (χ2v) is 5.94. The predicted octanol–water partition coefficient (Wildman–Crippen LogP) is 0.930. The van der Waals surface area contributed by atoms with Crippen LogP contribution in [0.25, 0.3) is 0 Å². The van der Waals surface area contributed by atoms with E-state index in [0.29, 0.717) is 19.5 Å². The first-order valence-electron chi connectivity index (χ1n) is 7.08. The van der Waals surface area contributed by atoms with E-state index in [1.165, 1.54) is 0 Å². The van der Waals surface area contributed by atoms with Crippen LogP contribution in [0.4, 0.5) is 4.79 Å². The van der Waals surface area contributed by atoms with Crippen molar-refractivity contribution in [2.75, 3.05) is 44.7 Å². The molecule has 116 valence electrons. The number of thioether (sulfide) groups is 1. The maximum atomic E-state index is 12.1. The zero-order valence-electron chi connectivity index (χ0n) is 12.3. The number of nitrogens with zero attached hydrogens (tertiary/aromatic N) is 2. The first-order chi connectivity index (χ1) is 9.58. The van der Waals surface area contributed by atoms with Crippen LogP contribution in [0.5, 0.6) is 0 Å². The van der Waals surface area contributed by atoms with E-state index >= 15 is 0 Å². The van der Waals surface area contributed by atoms with E-state index in [4.69, 9.17) is 5.11 Å². The van der Waals surface area contributed by atoms with Gasteiger partial charge in [0, 0.05) is 26.2 Å². The van der Waals surface area contributed by atoms with E-state index < -0.39 is 12.0 Å². The topological polar surface area (TPSA) is 72.9 Å². The number of carbonyl (C=O) groups is 2. The Morgan fingerprint density at radius 2 is 1.95 bits per heavy atom. The summed E-state index contributed by atoms with van der Waals surface area (Å²) in [5.41, 5.74) is 0. The number of hydrogen-bond donors (Lipinski definition) is 2. The molecule has 6 nitrogen and oxygen atoms in total. The summed E-state index contributed by atoms with van der Waals surface area (Å²) in [6.45, 7) is 6.26. The third-order valence-corrected chi connectivity index (χ3v) is 4.05. The number of carboxylic acid groups (broad SMARTS) is 1. The summed E-state index contributed by atoms with van der Waals surface area (Å²) in [6, 6.07) is -1.04. The van der Waals surface area contributed by atoms with Crippen molar-refractivity contribution in [3.63, 3.8) is 0 Å². The van der Waals surface area contributed by atoms with Crippen LogP contribution in [0.3, 0.4) is 0 Å². The summed E-state index contributed by atoms with van der Waals surface area (Å²) in [5.74, 6) is -0.237. The molecule has 0 radical (unpaired) electrons. The number of carbonyl (C=O) groups excluding carboxylic acids is 1. The molecule has 7 heteroatoms. The lowest BCUT2D eigenvalue weighted by Crippen LogP contribution is -2.54. The van der Waals surface area contributed by atoms with Crippen LogP contribution in [0.1, 0.15) is 19.8 Å². The van der Waals surface area contributed by atoms with Gasteiger partial charge >= 0.3 is 12.0 Å². The van der Waals surface area contributed by atoms with Crippen molar-refractivity contribution in [2.24, 2.45) is 0 Å². The number of rotatable bonds is 7. The molecule has 0 aromatic rings. The van der Waals surface area contributed by atoms with Gasteiger partial charge in [0.15, 0.2) is 0 Å². The van der Waals surface area contributed by atoms with Gasteiger partial charge in [-0.25, -0.2) is 9.59 Å². The van der Waals surface area contributed by atoms with Crippen LogP contribution in [-0.2, 0) is 4.79 Å². The van der Waals surface area contributed by atoms with Gasteiger partial charge in [-0.2, -0.15) is 11.8 Å². The molecule has 20 heavy (non-hydrogen) atoms. The van der Waals surface area contributed by atoms with Crippen molar-refractivity contribution in [2.45, 2.75) is 25.8 Å². The standard InChI is InChI=1S/C13H25N3O3S/c1-3-5-15-6-8-16(9-7-15)13(19)14-11(12(17)18)4-10-20-2/h11H,3-10H2,1-2H3,(H,14,19)(H,17,18). The zero-order valence-corrected chi connectivity index (χ0v) is 13.1. The number of nitrogens with one attached hydrogen (secondary N) is 1. The van der Waals surface area contributed by atoms with E-state index in [1.807, 2.05) is 6.26 Å². The van der Waals surface area contributed by atoms with Crippen molar-refractivity contribution < 1.29 is 14.7 Å². The van der Waals surface area contributed by atoms with Crippen LogP contribution in [0.15, 0.2) is 0 Å². The number of aliphatic carboxylic acids is 1. The van der Waals surface area contributed by atoms with Crippen LogP contribution >= 0.6 is 11.8 Å². The van der Waals surface area contributed by atoms with Crippen molar-refractivity contribution >= 4 is 23.8 Å². The summed E-state index contributed by atoms with van der Waals surface area (Å²) in [5, 5.41) is 11.7. The van der Waals surface area contributed by atoms with Gasteiger partial charge in [-0.15, -0.1) is 0 Å². The highest BCUT2D eigenvalue weighted by Gasteiger charge is 2.25. The molecular formula is C13H25N3O3S. The molecule has 1 aliphatic rings. The lowest BCUT2D eigenvalue weighted by Gasteiger charge is -2.35. The van der Waals surface area contributed by atoms with E-state index in [1.54, 1.807) is 16.7 Å². The van der Waals surface area contributed by atoms with Crippen molar-refractivity contribution in [1.29, 1.82) is 0 Å². The van der Waals surface area contributed by atoms with E-state index in [9.17, 15) is 9.59 Å². The summed E-state index contributed by atoms with van der Waals surface area (Å²) in [4.78, 5) is 27.2. The monoisotopic (exact) mass is 303 g/mol. The Balaban J connectivity index is 2.39. The molecule has 2 N–H and O–H groups in total. The highest BCUT2D eigenvalue weighted by Crippen LogP contribution is 2.05. The van der Waals surface area contributed by atoms with Crippen LogP contribution in [0.2, 0.25) is 0 Å². The Kier molecular flexibility index (Phi) is 7.76. The Labute approximate surface area is 124 Å². The minimum atomic E-state index is -0.961. The molecule has 1 aliphatic heterocycles. The smallest absolute Gasteiger partial charge is 0.326 e. The lowest BCUT2D eigenvalue weighted by atomic mass is 10.2. The summed E-state index contributed by atoms with van der Waals surface area (Å²) >= 11 is 1.58. The average molecular weight is 303 g/mol. The summed E-state index contributed by atoms with van der Waals surface area (Å²) in [6.07, 6.45) is 3.49. The molecule has 0 aromatic carbocycles. The van der Waals surface area contributed by atoms with E-state index in [2.05, 4.69) is 17.1 Å². The van der Waals surface area contributed by atoms with Crippen molar-refractivity contribution in [1.82, 2.24) is 15.1 Å². The second kappa shape index (κ2) is 9.07. The zero-order chi connectivity index (χ0) is 15.0. The maximum Gasteiger partial charge on any atom is 0.326 e. The fourth-order valence-electron chi connectivity index (χ4n) is 2.22. The predicted molar refractivity (Wildman–Crippen MR) is 81.3 cm³/mol. The molecule has 0 aromatic heterocycles. The second-order valence-electron chi connectivity index (χ2n) is 4.95. The van der Waals surface area contributed by atoms with Gasteiger partial charge in [-0.05, 0) is 31.4 Å². The number of hydrogen-bond acceptors (Lipinski definition) is 4. The maximum absolute atomic E-state index is 12.1. The number of urea groups is 1. The lowest BCUT2D eigenvalue weighted by molar-refractivity contribution is -0.139. The quantitative estimate of drug-likeness (QED) is 0.732. The van der Waals surface area contributed by atoms with Gasteiger partial charge in [0.05, 0.1) is 0 Å². The molecule has 0 bridgehead atoms. The van der Waals surface area contributed by atoms with Crippen LogP contribution < -0.4 is 5.32 Å². The first kappa shape index (κ1) is 17.1. The first-order valence-corrected chi connectivity index (χ1v) is 8.47. The molecular weight excluding hydrogens is 278 g/mol. The molecule has 2 amide bonds.